The number of nitrogens with one attached hydrogen (secondary N) is 1. The summed E-state index contributed by atoms with van der Waals surface area (Å²) in [5.41, 5.74) is 0.925. The van der Waals surface area contributed by atoms with Gasteiger partial charge in [-0.25, -0.2) is 0 Å². The Bertz CT molecular complexity index is 668. The van der Waals surface area contributed by atoms with Crippen molar-refractivity contribution in [2.24, 2.45) is 0 Å². The molecule has 1 aromatic carbocycles. The topological polar surface area (TPSA) is 57.4 Å². The van der Waals surface area contributed by atoms with E-state index in [0.717, 1.165) is 51.4 Å². The minimum atomic E-state index is 0.625. The van der Waals surface area contributed by atoms with Crippen LogP contribution in [0.3, 0.4) is 0 Å². The fourth-order valence-corrected chi connectivity index (χ4v) is 3.65. The maximum absolute atomic E-state index is 5.92. The average molecular weight is 348 g/mol. The van der Waals surface area contributed by atoms with Crippen molar-refractivity contribution < 1.29 is 4.52 Å². The molecule has 1 atom stereocenters. The number of hydrogen-bond acceptors (Lipinski definition) is 6. The van der Waals surface area contributed by atoms with Gasteiger partial charge in [-0.05, 0) is 30.7 Å². The van der Waals surface area contributed by atoms with Crippen LogP contribution in [-0.2, 0) is 6.54 Å². The number of benzene rings is 1. The van der Waals surface area contributed by atoms with Gasteiger partial charge in [0.2, 0.25) is 11.7 Å². The largest absolute Gasteiger partial charge is 0.338 e. The summed E-state index contributed by atoms with van der Waals surface area (Å²) in [4.78, 5) is 9.53. The third-order valence-electron chi connectivity index (χ3n) is 4.84. The number of piperazine rings is 1. The van der Waals surface area contributed by atoms with E-state index in [0.29, 0.717) is 22.8 Å². The number of nitrogens with zero attached hydrogens (tertiary/aromatic N) is 4. The molecule has 0 radical (unpaired) electrons. The Hall–Kier alpha value is -1.47. The molecule has 0 bridgehead atoms. The van der Waals surface area contributed by atoms with Crippen molar-refractivity contribution in [3.63, 3.8) is 0 Å². The maximum atomic E-state index is 5.92. The molecule has 2 fully saturated rings. The highest BCUT2D eigenvalue weighted by atomic mass is 35.5. The Kier molecular flexibility index (Phi) is 4.80. The highest BCUT2D eigenvalue weighted by Gasteiger charge is 2.29. The summed E-state index contributed by atoms with van der Waals surface area (Å²) in [5.74, 6) is 1.31. The lowest BCUT2D eigenvalue weighted by Gasteiger charge is -2.32. The molecule has 24 heavy (non-hydrogen) atoms. The second-order valence-corrected chi connectivity index (χ2v) is 6.92. The van der Waals surface area contributed by atoms with Crippen molar-refractivity contribution in [1.29, 1.82) is 0 Å². The van der Waals surface area contributed by atoms with Crippen LogP contribution in [0.1, 0.15) is 12.3 Å². The summed E-state index contributed by atoms with van der Waals surface area (Å²) in [6.45, 7) is 7.41. The normalized spacial score (nSPS) is 23.0. The quantitative estimate of drug-likeness (QED) is 0.911. The summed E-state index contributed by atoms with van der Waals surface area (Å²) in [6.07, 6.45) is 1.22. The minimum Gasteiger partial charge on any atom is -0.338 e. The molecule has 2 aliphatic rings. The minimum absolute atomic E-state index is 0.625. The first kappa shape index (κ1) is 16.0. The van der Waals surface area contributed by atoms with Gasteiger partial charge in [0.05, 0.1) is 6.54 Å². The molecule has 1 unspecified atom stereocenters. The van der Waals surface area contributed by atoms with Gasteiger partial charge >= 0.3 is 0 Å². The van der Waals surface area contributed by atoms with Crippen LogP contribution < -0.4 is 5.32 Å². The zero-order chi connectivity index (χ0) is 16.4. The highest BCUT2D eigenvalue weighted by molar-refractivity contribution is 6.30. The van der Waals surface area contributed by atoms with E-state index in [1.54, 1.807) is 0 Å². The fraction of sp³-hybridized carbons (Fsp3) is 0.529. The predicted octanol–water partition coefficient (Wildman–Crippen LogP) is 1.87. The van der Waals surface area contributed by atoms with Crippen molar-refractivity contribution in [2.75, 3.05) is 39.3 Å². The average Bonchev–Trinajstić information content (AvgIpc) is 3.27. The van der Waals surface area contributed by atoms with E-state index in [-0.39, 0.29) is 0 Å². The van der Waals surface area contributed by atoms with Crippen molar-refractivity contribution in [3.8, 4) is 11.4 Å². The van der Waals surface area contributed by atoms with E-state index in [1.807, 2.05) is 24.3 Å². The van der Waals surface area contributed by atoms with Crippen LogP contribution in [0.5, 0.6) is 0 Å². The molecule has 0 saturated carbocycles. The number of rotatable bonds is 4. The monoisotopic (exact) mass is 347 g/mol. The van der Waals surface area contributed by atoms with E-state index in [1.165, 1.54) is 6.42 Å². The molecule has 128 valence electrons. The molecule has 0 amide bonds. The molecular weight excluding hydrogens is 326 g/mol. The highest BCUT2D eigenvalue weighted by Crippen LogP contribution is 2.21. The molecule has 2 aromatic rings. The molecule has 7 heteroatoms. The van der Waals surface area contributed by atoms with E-state index in [9.17, 15) is 0 Å². The van der Waals surface area contributed by atoms with Gasteiger partial charge in [-0.3, -0.25) is 9.80 Å². The van der Waals surface area contributed by atoms with Crippen LogP contribution in [0.4, 0.5) is 0 Å². The van der Waals surface area contributed by atoms with Gasteiger partial charge in [0.1, 0.15) is 0 Å². The lowest BCUT2D eigenvalue weighted by atomic mass is 10.2. The molecule has 1 N–H and O–H groups in total. The first-order valence-corrected chi connectivity index (χ1v) is 8.91. The lowest BCUT2D eigenvalue weighted by Crippen LogP contribution is -2.49. The molecule has 3 heterocycles. The van der Waals surface area contributed by atoms with E-state index < -0.39 is 0 Å². The lowest BCUT2D eigenvalue weighted by molar-refractivity contribution is 0.167. The van der Waals surface area contributed by atoms with Crippen LogP contribution in [0.25, 0.3) is 11.4 Å². The number of hydrogen-bond donors (Lipinski definition) is 1. The Morgan fingerprint density at radius 1 is 1.17 bits per heavy atom. The Morgan fingerprint density at radius 2 is 1.96 bits per heavy atom. The van der Waals surface area contributed by atoms with Gasteiger partial charge in [0.25, 0.3) is 0 Å². The molecule has 0 spiro atoms. The molecule has 6 nitrogen and oxygen atoms in total. The molecule has 0 aliphatic carbocycles. The summed E-state index contributed by atoms with van der Waals surface area (Å²) in [6, 6.07) is 8.16. The number of halogens is 1. The second kappa shape index (κ2) is 7.19. The summed E-state index contributed by atoms with van der Waals surface area (Å²) in [5, 5.41) is 8.21. The van der Waals surface area contributed by atoms with E-state index >= 15 is 0 Å². The summed E-state index contributed by atoms with van der Waals surface area (Å²) >= 11 is 5.92. The fourth-order valence-electron chi connectivity index (χ4n) is 3.53. The SMILES string of the molecule is Clc1ccc(-c2noc(CN3CCC(N4CCNCC4)C3)n2)cc1. The van der Waals surface area contributed by atoms with Crippen LogP contribution in [0.15, 0.2) is 28.8 Å². The van der Waals surface area contributed by atoms with Crippen molar-refractivity contribution in [3.05, 3.63) is 35.2 Å². The first-order chi connectivity index (χ1) is 11.8. The van der Waals surface area contributed by atoms with E-state index in [2.05, 4.69) is 25.3 Å². The number of likely N-dealkylation sites (tertiary alicyclic amines) is 1. The van der Waals surface area contributed by atoms with Crippen LogP contribution in [0.2, 0.25) is 5.02 Å². The third-order valence-corrected chi connectivity index (χ3v) is 5.10. The predicted molar refractivity (Wildman–Crippen MR) is 92.9 cm³/mol. The van der Waals surface area contributed by atoms with Gasteiger partial charge < -0.3 is 9.84 Å². The first-order valence-electron chi connectivity index (χ1n) is 8.53. The van der Waals surface area contributed by atoms with Gasteiger partial charge in [-0.15, -0.1) is 0 Å². The Labute approximate surface area is 146 Å². The Morgan fingerprint density at radius 3 is 2.75 bits per heavy atom. The van der Waals surface area contributed by atoms with Crippen molar-refractivity contribution in [2.45, 2.75) is 19.0 Å². The Balaban J connectivity index is 1.35. The molecule has 2 aliphatic heterocycles. The van der Waals surface area contributed by atoms with Gasteiger partial charge in [-0.2, -0.15) is 4.98 Å². The summed E-state index contributed by atoms with van der Waals surface area (Å²) in [7, 11) is 0. The van der Waals surface area contributed by atoms with Gasteiger partial charge in [0, 0.05) is 55.9 Å². The standard InChI is InChI=1S/C17H22ClN5O/c18-14-3-1-13(2-4-14)17-20-16(24-21-17)12-22-8-5-15(11-22)23-9-6-19-7-10-23/h1-4,15,19H,5-12H2. The van der Waals surface area contributed by atoms with Crippen molar-refractivity contribution in [1.82, 2.24) is 25.3 Å². The molecule has 4 rings (SSSR count). The second-order valence-electron chi connectivity index (χ2n) is 6.48. The zero-order valence-corrected chi connectivity index (χ0v) is 14.4. The zero-order valence-electron chi connectivity index (χ0n) is 13.6. The molecule has 1 aromatic heterocycles. The van der Waals surface area contributed by atoms with Gasteiger partial charge in [0.15, 0.2) is 0 Å². The van der Waals surface area contributed by atoms with Crippen LogP contribution in [-0.4, -0.2) is 65.3 Å². The summed E-state index contributed by atoms with van der Waals surface area (Å²) < 4.78 is 5.43. The number of aromatic nitrogens is 2. The van der Waals surface area contributed by atoms with Crippen molar-refractivity contribution >= 4 is 11.6 Å². The molecular formula is C17H22ClN5O. The molecule has 2 saturated heterocycles. The third kappa shape index (κ3) is 3.62. The van der Waals surface area contributed by atoms with Crippen LogP contribution >= 0.6 is 11.6 Å². The van der Waals surface area contributed by atoms with Crippen LogP contribution in [0, 0.1) is 0 Å². The maximum Gasteiger partial charge on any atom is 0.241 e. The smallest absolute Gasteiger partial charge is 0.241 e. The van der Waals surface area contributed by atoms with Gasteiger partial charge in [-0.1, -0.05) is 16.8 Å². The van der Waals surface area contributed by atoms with E-state index in [4.69, 9.17) is 16.1 Å².